The predicted octanol–water partition coefficient (Wildman–Crippen LogP) is 2.80. The van der Waals surface area contributed by atoms with Gasteiger partial charge in [0.2, 0.25) is 17.6 Å². The Morgan fingerprint density at radius 2 is 1.87 bits per heavy atom. The van der Waals surface area contributed by atoms with Crippen molar-refractivity contribution >= 4 is 11.8 Å². The summed E-state index contributed by atoms with van der Waals surface area (Å²) in [6, 6.07) is 5.24. The van der Waals surface area contributed by atoms with Crippen LogP contribution >= 0.6 is 0 Å². The Kier molecular flexibility index (Phi) is 7.70. The number of hydrogen-bond acceptors (Lipinski definition) is 5. The number of benzene rings is 1. The molecule has 1 saturated carbocycles. The number of rotatable bonds is 9. The number of carbonyl (C=O) groups is 2. The normalized spacial score (nSPS) is 15.3. The highest BCUT2D eigenvalue weighted by Gasteiger charge is 2.34. The number of nitrogens with one attached hydrogen (secondary N) is 1. The lowest BCUT2D eigenvalue weighted by atomic mass is 10.1. The van der Waals surface area contributed by atoms with Crippen LogP contribution in [-0.2, 0) is 16.1 Å². The molecule has 0 radical (unpaired) electrons. The second kappa shape index (κ2) is 10.5. The number of nitrogens with zero attached hydrogens (tertiary/aromatic N) is 5. The third-order valence-electron chi connectivity index (χ3n) is 5.66. The molecule has 168 valence electrons. The van der Waals surface area contributed by atoms with Crippen molar-refractivity contribution < 1.29 is 14.0 Å². The van der Waals surface area contributed by atoms with Gasteiger partial charge in [0, 0.05) is 18.2 Å². The lowest BCUT2D eigenvalue weighted by Crippen LogP contribution is -2.53. The lowest BCUT2D eigenvalue weighted by molar-refractivity contribution is -0.143. The summed E-state index contributed by atoms with van der Waals surface area (Å²) in [4.78, 5) is 28.8. The van der Waals surface area contributed by atoms with E-state index in [4.69, 9.17) is 0 Å². The molecule has 1 atom stereocenters. The van der Waals surface area contributed by atoms with Crippen molar-refractivity contribution in [1.29, 1.82) is 0 Å². The maximum Gasteiger partial charge on any atom is 0.247 e. The minimum atomic E-state index is -0.567. The van der Waals surface area contributed by atoms with E-state index in [1.54, 1.807) is 24.0 Å². The van der Waals surface area contributed by atoms with E-state index in [1.165, 1.54) is 16.9 Å². The third kappa shape index (κ3) is 6.08. The van der Waals surface area contributed by atoms with E-state index in [1.807, 2.05) is 0 Å². The molecule has 0 aliphatic heterocycles. The summed E-state index contributed by atoms with van der Waals surface area (Å²) in [6.07, 6.45) is 4.77. The Balaban J connectivity index is 1.69. The van der Waals surface area contributed by atoms with E-state index >= 15 is 0 Å². The average Bonchev–Trinajstić information content (AvgIpc) is 3.41. The van der Waals surface area contributed by atoms with Gasteiger partial charge >= 0.3 is 0 Å². The van der Waals surface area contributed by atoms with E-state index in [2.05, 4.69) is 34.6 Å². The van der Waals surface area contributed by atoms with Crippen molar-refractivity contribution in [3.05, 3.63) is 30.1 Å². The quantitative estimate of drug-likeness (QED) is 0.660. The number of amides is 2. The van der Waals surface area contributed by atoms with Crippen LogP contribution in [-0.4, -0.2) is 55.5 Å². The van der Waals surface area contributed by atoms with Gasteiger partial charge in [0.25, 0.3) is 0 Å². The molecule has 1 aromatic heterocycles. The molecule has 0 unspecified atom stereocenters. The smallest absolute Gasteiger partial charge is 0.247 e. The van der Waals surface area contributed by atoms with Gasteiger partial charge in [0.05, 0.1) is 0 Å². The maximum absolute atomic E-state index is 13.2. The Bertz CT molecular complexity index is 876. The fourth-order valence-corrected chi connectivity index (χ4v) is 3.90. The minimum Gasteiger partial charge on any atom is -0.354 e. The molecular formula is C22H31FN6O2. The summed E-state index contributed by atoms with van der Waals surface area (Å²) in [6.45, 7) is 6.48. The van der Waals surface area contributed by atoms with Crippen LogP contribution in [0.5, 0.6) is 0 Å². The van der Waals surface area contributed by atoms with Crippen LogP contribution in [0.25, 0.3) is 11.4 Å². The first kappa shape index (κ1) is 22.8. The van der Waals surface area contributed by atoms with Gasteiger partial charge in [-0.15, -0.1) is 10.2 Å². The monoisotopic (exact) mass is 430 g/mol. The summed E-state index contributed by atoms with van der Waals surface area (Å²) < 4.78 is 13.1. The third-order valence-corrected chi connectivity index (χ3v) is 5.66. The van der Waals surface area contributed by atoms with E-state index in [0.29, 0.717) is 23.9 Å². The summed E-state index contributed by atoms with van der Waals surface area (Å²) in [5.41, 5.74) is 0.616. The lowest BCUT2D eigenvalue weighted by Gasteiger charge is -2.33. The Morgan fingerprint density at radius 3 is 2.52 bits per heavy atom. The Hall–Kier alpha value is -2.84. The molecule has 8 nitrogen and oxygen atoms in total. The molecule has 0 spiro atoms. The molecule has 0 bridgehead atoms. The number of halogens is 1. The van der Waals surface area contributed by atoms with Crippen LogP contribution in [0.2, 0.25) is 0 Å². The molecule has 1 aliphatic carbocycles. The maximum atomic E-state index is 13.2. The zero-order valence-electron chi connectivity index (χ0n) is 18.4. The van der Waals surface area contributed by atoms with Crippen LogP contribution < -0.4 is 5.32 Å². The van der Waals surface area contributed by atoms with E-state index < -0.39 is 6.04 Å². The van der Waals surface area contributed by atoms with Crippen molar-refractivity contribution in [2.45, 2.75) is 71.5 Å². The van der Waals surface area contributed by atoms with E-state index in [9.17, 15) is 14.0 Å². The first-order valence-corrected chi connectivity index (χ1v) is 11.0. The molecular weight excluding hydrogens is 399 g/mol. The fourth-order valence-electron chi connectivity index (χ4n) is 3.90. The van der Waals surface area contributed by atoms with Crippen molar-refractivity contribution in [2.75, 3.05) is 6.54 Å². The molecule has 1 aliphatic rings. The highest BCUT2D eigenvalue weighted by Crippen LogP contribution is 2.26. The van der Waals surface area contributed by atoms with Gasteiger partial charge < -0.3 is 10.2 Å². The van der Waals surface area contributed by atoms with Crippen LogP contribution in [0.3, 0.4) is 0 Å². The summed E-state index contributed by atoms with van der Waals surface area (Å²) >= 11 is 0. The van der Waals surface area contributed by atoms with Crippen LogP contribution in [0.4, 0.5) is 4.39 Å². The van der Waals surface area contributed by atoms with Gasteiger partial charge in [0.15, 0.2) is 0 Å². The standard InChI is InChI=1S/C22H31FN6O2/c1-15(2)12-13-24-22(31)16(3)29(19-6-4-5-7-19)20(30)14-28-26-21(25-27-28)17-8-10-18(23)11-9-17/h8-11,15-16,19H,4-7,12-14H2,1-3H3,(H,24,31)/t16-/m1/s1. The van der Waals surface area contributed by atoms with Crippen molar-refractivity contribution in [2.24, 2.45) is 5.92 Å². The fraction of sp³-hybridized carbons (Fsp3) is 0.591. The second-order valence-electron chi connectivity index (χ2n) is 8.54. The first-order valence-electron chi connectivity index (χ1n) is 11.0. The molecule has 0 saturated heterocycles. The van der Waals surface area contributed by atoms with E-state index in [-0.39, 0.29) is 30.2 Å². The molecule has 2 amide bonds. The number of aromatic nitrogens is 4. The average molecular weight is 431 g/mol. The van der Waals surface area contributed by atoms with Crippen molar-refractivity contribution in [3.8, 4) is 11.4 Å². The van der Waals surface area contributed by atoms with Gasteiger partial charge in [-0.05, 0) is 61.6 Å². The van der Waals surface area contributed by atoms with Gasteiger partial charge in [-0.25, -0.2) is 4.39 Å². The number of tetrazole rings is 1. The largest absolute Gasteiger partial charge is 0.354 e. The highest BCUT2D eigenvalue weighted by atomic mass is 19.1. The van der Waals surface area contributed by atoms with E-state index in [0.717, 1.165) is 32.1 Å². The molecule has 31 heavy (non-hydrogen) atoms. The molecule has 1 aromatic carbocycles. The summed E-state index contributed by atoms with van der Waals surface area (Å²) in [7, 11) is 0. The zero-order chi connectivity index (χ0) is 22.4. The summed E-state index contributed by atoms with van der Waals surface area (Å²) in [5, 5.41) is 15.2. The molecule has 1 N–H and O–H groups in total. The van der Waals surface area contributed by atoms with Crippen LogP contribution in [0, 0.1) is 11.7 Å². The van der Waals surface area contributed by atoms with Crippen LogP contribution in [0.15, 0.2) is 24.3 Å². The van der Waals surface area contributed by atoms with Crippen LogP contribution in [0.1, 0.15) is 52.9 Å². The van der Waals surface area contributed by atoms with Crippen molar-refractivity contribution in [1.82, 2.24) is 30.4 Å². The molecule has 1 fully saturated rings. The molecule has 1 heterocycles. The Labute approximate surface area is 182 Å². The van der Waals surface area contributed by atoms with Gasteiger partial charge in [-0.3, -0.25) is 9.59 Å². The second-order valence-corrected chi connectivity index (χ2v) is 8.54. The zero-order valence-corrected chi connectivity index (χ0v) is 18.4. The first-order chi connectivity index (χ1) is 14.8. The number of hydrogen-bond donors (Lipinski definition) is 1. The SMILES string of the molecule is CC(C)CCNC(=O)[C@@H](C)N(C(=O)Cn1nnc(-c2ccc(F)cc2)n1)C1CCCC1. The van der Waals surface area contributed by atoms with Gasteiger partial charge in [0.1, 0.15) is 18.4 Å². The molecule has 3 rings (SSSR count). The molecule has 2 aromatic rings. The predicted molar refractivity (Wildman–Crippen MR) is 114 cm³/mol. The van der Waals surface area contributed by atoms with Gasteiger partial charge in [-0.2, -0.15) is 4.80 Å². The molecule has 9 heteroatoms. The Morgan fingerprint density at radius 1 is 1.19 bits per heavy atom. The summed E-state index contributed by atoms with van der Waals surface area (Å²) in [5.74, 6) is 0.122. The topological polar surface area (TPSA) is 93.0 Å². The van der Waals surface area contributed by atoms with Crippen molar-refractivity contribution in [3.63, 3.8) is 0 Å². The highest BCUT2D eigenvalue weighted by molar-refractivity contribution is 5.87. The minimum absolute atomic E-state index is 0.0402. The number of carbonyl (C=O) groups excluding carboxylic acids is 2. The van der Waals surface area contributed by atoms with Gasteiger partial charge in [-0.1, -0.05) is 26.7 Å².